The lowest BCUT2D eigenvalue weighted by molar-refractivity contribution is -0.0726. The lowest BCUT2D eigenvalue weighted by atomic mass is 9.87. The largest absolute Gasteiger partial charge is 0.378 e. The summed E-state index contributed by atoms with van der Waals surface area (Å²) < 4.78 is 5.59. The molecule has 0 spiro atoms. The van der Waals surface area contributed by atoms with Crippen LogP contribution in [0.5, 0.6) is 0 Å². The summed E-state index contributed by atoms with van der Waals surface area (Å²) in [7, 11) is 0. The van der Waals surface area contributed by atoms with E-state index in [2.05, 4.69) is 250 Å². The smallest absolute Gasteiger partial charge is 0.0625 e. The fourth-order valence-corrected chi connectivity index (χ4v) is 13.4. The van der Waals surface area contributed by atoms with Crippen molar-refractivity contribution < 1.29 is 4.74 Å². The first-order chi connectivity index (χ1) is 34.4. The number of rotatable bonds is 10. The molecule has 8 rings (SSSR count). The van der Waals surface area contributed by atoms with Gasteiger partial charge in [-0.15, -0.1) is 0 Å². The van der Waals surface area contributed by atoms with Gasteiger partial charge in [-0.05, 0) is 186 Å². The second-order valence-electron chi connectivity index (χ2n) is 26.0. The predicted octanol–water partition coefficient (Wildman–Crippen LogP) is 16.3. The summed E-state index contributed by atoms with van der Waals surface area (Å²) in [6.07, 6.45) is 9.18. The first-order valence-corrected chi connectivity index (χ1v) is 30.1. The Balaban J connectivity index is 0.000000198. The van der Waals surface area contributed by atoms with Crippen molar-refractivity contribution >= 4 is 11.4 Å². The average Bonchev–Trinajstić information content (AvgIpc) is 3.74. The summed E-state index contributed by atoms with van der Waals surface area (Å²) in [5.74, 6) is 3.68. The Kier molecular flexibility index (Phi) is 25.4. The summed E-state index contributed by atoms with van der Waals surface area (Å²) in [6, 6.07) is 34.7. The standard InChI is InChI=1S/2C15H23N.C14H21N.C12H25N.C11H23NO/c1-11(2)15-9-13-7-5-6-8-14(13)10-16(15)12(3)4;1-11(2)14-10-9-13-7-5-6-8-15(13)16(14)12(3)4;1-10(2)14-9-12-7-5-6-8-13(12)15(14)11(3)4;1-9(2)12-8-6-7-11(5)13(12)10(3)4;1-8(2)11-7-13-6-10(5)12(11)9(3)4/h5-8,11-12,15H,9-10H2,1-4H3;5-8,11-12,14H,9-10H2,1-4H3;5-8,10-11,14H,9H2,1-4H3;9-12H,6-8H2,1-5H3;8-11H,6-7H2,1-5H3. The van der Waals surface area contributed by atoms with Crippen LogP contribution in [0.25, 0.3) is 0 Å². The van der Waals surface area contributed by atoms with Crippen molar-refractivity contribution in [2.75, 3.05) is 23.0 Å². The molecule has 73 heavy (non-hydrogen) atoms. The molecule has 5 heterocycles. The summed E-state index contributed by atoms with van der Waals surface area (Å²) in [6.45, 7) is 53.9. The maximum atomic E-state index is 5.59. The number of nitrogens with zero attached hydrogens (tertiary/aromatic N) is 5. The molecule has 7 atom stereocenters. The molecule has 3 aromatic rings. The predicted molar refractivity (Wildman–Crippen MR) is 322 cm³/mol. The van der Waals surface area contributed by atoms with Crippen LogP contribution in [0.2, 0.25) is 0 Å². The first kappa shape index (κ1) is 62.6. The van der Waals surface area contributed by atoms with Gasteiger partial charge in [0.25, 0.3) is 0 Å². The third-order valence-electron chi connectivity index (χ3n) is 17.1. The molecule has 0 bridgehead atoms. The molecule has 6 nitrogen and oxygen atoms in total. The number of para-hydroxylation sites is 2. The average molecular weight is 1010 g/mol. The van der Waals surface area contributed by atoms with Gasteiger partial charge in [-0.1, -0.05) is 136 Å². The number of likely N-dealkylation sites (tertiary alicyclic amines) is 1. The highest BCUT2D eigenvalue weighted by Gasteiger charge is 2.35. The van der Waals surface area contributed by atoms with Crippen molar-refractivity contribution in [3.63, 3.8) is 0 Å². The van der Waals surface area contributed by atoms with E-state index in [-0.39, 0.29) is 0 Å². The van der Waals surface area contributed by atoms with Gasteiger partial charge in [0.15, 0.2) is 0 Å². The van der Waals surface area contributed by atoms with Crippen molar-refractivity contribution in [3.05, 3.63) is 95.1 Å². The second kappa shape index (κ2) is 29.6. The SMILES string of the molecule is CC(C)C1CCCC(C)N1C(C)C.CC(C)C1CCc2ccccc2N1C(C)C.CC(C)C1COCC(C)N1C(C)C.CC(C)C1Cc2ccccc2CN1C(C)C.CC(C)C1Cc2ccccc2N1C(C)C. The Morgan fingerprint density at radius 1 is 0.384 bits per heavy atom. The topological polar surface area (TPSA) is 25.4 Å². The number of hydrogen-bond acceptors (Lipinski definition) is 6. The van der Waals surface area contributed by atoms with Crippen LogP contribution in [0.4, 0.5) is 11.4 Å². The maximum Gasteiger partial charge on any atom is 0.0625 e. The van der Waals surface area contributed by atoms with Gasteiger partial charge in [-0.3, -0.25) is 14.7 Å². The van der Waals surface area contributed by atoms with E-state index in [0.717, 1.165) is 55.5 Å². The highest BCUT2D eigenvalue weighted by atomic mass is 16.5. The lowest BCUT2D eigenvalue weighted by Crippen LogP contribution is -2.55. The van der Waals surface area contributed by atoms with E-state index in [1.54, 1.807) is 5.56 Å². The minimum Gasteiger partial charge on any atom is -0.378 e. The molecule has 0 radical (unpaired) electrons. The van der Waals surface area contributed by atoms with Crippen LogP contribution in [0.1, 0.15) is 200 Å². The van der Waals surface area contributed by atoms with Crippen LogP contribution >= 0.6 is 0 Å². The van der Waals surface area contributed by atoms with Gasteiger partial charge in [0.2, 0.25) is 0 Å². The van der Waals surface area contributed by atoms with E-state index in [0.29, 0.717) is 66.3 Å². The number of morpholine rings is 1. The molecule has 0 N–H and O–H groups in total. The Labute approximate surface area is 452 Å². The monoisotopic (exact) mass is 1010 g/mol. The lowest BCUT2D eigenvalue weighted by Gasteiger charge is -2.45. The molecule has 0 aliphatic carbocycles. The van der Waals surface area contributed by atoms with Crippen LogP contribution < -0.4 is 9.80 Å². The van der Waals surface area contributed by atoms with E-state index in [1.807, 2.05) is 0 Å². The number of hydrogen-bond donors (Lipinski definition) is 0. The van der Waals surface area contributed by atoms with Gasteiger partial charge in [-0.2, -0.15) is 0 Å². The maximum absolute atomic E-state index is 5.59. The molecule has 2 saturated heterocycles. The molecular formula is C67H115N5O. The van der Waals surface area contributed by atoms with Crippen molar-refractivity contribution in [2.24, 2.45) is 29.6 Å². The van der Waals surface area contributed by atoms with Gasteiger partial charge in [-0.25, -0.2) is 0 Å². The van der Waals surface area contributed by atoms with Gasteiger partial charge in [0.1, 0.15) is 0 Å². The molecule has 2 fully saturated rings. The number of fused-ring (bicyclic) bond motifs is 3. The number of piperidine rings is 1. The quantitative estimate of drug-likeness (QED) is 0.201. The molecular weight excluding hydrogens is 891 g/mol. The van der Waals surface area contributed by atoms with E-state index >= 15 is 0 Å². The van der Waals surface area contributed by atoms with Crippen molar-refractivity contribution in [1.29, 1.82) is 0 Å². The van der Waals surface area contributed by atoms with Crippen molar-refractivity contribution in [1.82, 2.24) is 14.7 Å². The number of anilines is 2. The molecule has 3 aromatic carbocycles. The Hall–Kier alpha value is -2.90. The molecule has 7 unspecified atom stereocenters. The zero-order valence-corrected chi connectivity index (χ0v) is 51.5. The Morgan fingerprint density at radius 3 is 1.29 bits per heavy atom. The zero-order valence-electron chi connectivity index (χ0n) is 51.5. The van der Waals surface area contributed by atoms with E-state index in [1.165, 1.54) is 73.0 Å². The number of ether oxygens (including phenoxy) is 1. The minimum absolute atomic E-state index is 0.571. The van der Waals surface area contributed by atoms with Crippen LogP contribution in [0, 0.1) is 29.6 Å². The van der Waals surface area contributed by atoms with Gasteiger partial charge < -0.3 is 14.5 Å². The Morgan fingerprint density at radius 2 is 0.822 bits per heavy atom. The van der Waals surface area contributed by atoms with Gasteiger partial charge in [0, 0.05) is 90.4 Å². The molecule has 414 valence electrons. The number of benzene rings is 3. The van der Waals surface area contributed by atoms with Crippen LogP contribution in [-0.2, 0) is 30.5 Å². The summed E-state index contributed by atoms with van der Waals surface area (Å²) >= 11 is 0. The van der Waals surface area contributed by atoms with Gasteiger partial charge >= 0.3 is 0 Å². The van der Waals surface area contributed by atoms with E-state index in [4.69, 9.17) is 4.74 Å². The first-order valence-electron chi connectivity index (χ1n) is 30.1. The third kappa shape index (κ3) is 17.0. The fourth-order valence-electron chi connectivity index (χ4n) is 13.4. The van der Waals surface area contributed by atoms with Crippen LogP contribution in [0.15, 0.2) is 72.8 Å². The number of aryl methyl sites for hydroxylation is 1. The van der Waals surface area contributed by atoms with Crippen LogP contribution in [-0.4, -0.2) is 100 Å². The van der Waals surface area contributed by atoms with E-state index < -0.39 is 0 Å². The molecule has 0 saturated carbocycles. The minimum atomic E-state index is 0.571. The molecule has 5 aliphatic heterocycles. The highest BCUT2D eigenvalue weighted by molar-refractivity contribution is 5.60. The normalized spacial score (nSPS) is 24.6. The van der Waals surface area contributed by atoms with Gasteiger partial charge in [0.05, 0.1) is 13.2 Å². The van der Waals surface area contributed by atoms with Crippen molar-refractivity contribution in [2.45, 2.75) is 276 Å². The second-order valence-corrected chi connectivity index (χ2v) is 26.0. The molecule has 5 aliphatic rings. The summed E-state index contributed by atoms with van der Waals surface area (Å²) in [5, 5.41) is 0. The molecule has 0 amide bonds. The highest BCUT2D eigenvalue weighted by Crippen LogP contribution is 2.37. The summed E-state index contributed by atoms with van der Waals surface area (Å²) in [4.78, 5) is 13.2. The molecule has 0 aromatic heterocycles. The summed E-state index contributed by atoms with van der Waals surface area (Å²) in [5.41, 5.74) is 9.03. The molecule has 6 heteroatoms. The van der Waals surface area contributed by atoms with E-state index in [9.17, 15) is 0 Å². The Bertz CT molecular complexity index is 1920. The third-order valence-corrected chi connectivity index (χ3v) is 17.1. The van der Waals surface area contributed by atoms with Crippen LogP contribution in [0.3, 0.4) is 0 Å². The fraction of sp³-hybridized carbons (Fsp3) is 0.731. The van der Waals surface area contributed by atoms with Crippen molar-refractivity contribution in [3.8, 4) is 0 Å². The zero-order chi connectivity index (χ0) is 54.4.